The highest BCUT2D eigenvalue weighted by Crippen LogP contribution is 2.39. The second-order valence-corrected chi connectivity index (χ2v) is 4.23. The van der Waals surface area contributed by atoms with Crippen LogP contribution in [0, 0.1) is 0 Å². The first-order chi connectivity index (χ1) is 7.68. The highest BCUT2D eigenvalue weighted by molar-refractivity contribution is 6.32. The van der Waals surface area contributed by atoms with Crippen LogP contribution in [-0.4, -0.2) is 16.3 Å². The summed E-state index contributed by atoms with van der Waals surface area (Å²) in [6.07, 6.45) is -0.560. The average Bonchev–Trinajstić information content (AvgIpc) is 2.65. The molecule has 0 amide bonds. The molecule has 0 saturated heterocycles. The molecule has 1 aliphatic carbocycles. The summed E-state index contributed by atoms with van der Waals surface area (Å²) in [5.74, 6) is 0.373. The normalized spacial score (nSPS) is 24.3. The van der Waals surface area contributed by atoms with Gasteiger partial charge in [0.05, 0.1) is 5.03 Å². The third kappa shape index (κ3) is 1.23. The largest absolute Gasteiger partial charge is 0.458 e. The van der Waals surface area contributed by atoms with Crippen molar-refractivity contribution in [3.05, 3.63) is 40.6 Å². The SMILES string of the molecule is OC1C(Cl)=Cc2c(oc3ccccc23)C1O. The van der Waals surface area contributed by atoms with Crippen molar-refractivity contribution in [1.29, 1.82) is 0 Å². The molecular weight excluding hydrogens is 228 g/mol. The maximum atomic E-state index is 9.83. The molecule has 2 N–H and O–H groups in total. The van der Waals surface area contributed by atoms with Gasteiger partial charge in [0.15, 0.2) is 0 Å². The van der Waals surface area contributed by atoms with Crippen LogP contribution in [0.4, 0.5) is 0 Å². The zero-order valence-corrected chi connectivity index (χ0v) is 8.98. The van der Waals surface area contributed by atoms with Crippen LogP contribution in [0.1, 0.15) is 17.4 Å². The number of fused-ring (bicyclic) bond motifs is 3. The molecule has 1 aliphatic rings. The second kappa shape index (κ2) is 3.35. The first-order valence-corrected chi connectivity index (χ1v) is 5.31. The molecular formula is C12H9ClO3. The van der Waals surface area contributed by atoms with Crippen molar-refractivity contribution in [1.82, 2.24) is 0 Å². The van der Waals surface area contributed by atoms with E-state index in [9.17, 15) is 10.2 Å². The molecule has 2 atom stereocenters. The smallest absolute Gasteiger partial charge is 0.144 e. The van der Waals surface area contributed by atoms with E-state index in [1.165, 1.54) is 0 Å². The van der Waals surface area contributed by atoms with Crippen molar-refractivity contribution in [3.63, 3.8) is 0 Å². The molecule has 0 fully saturated rings. The molecule has 4 heteroatoms. The minimum absolute atomic E-state index is 0.228. The zero-order valence-electron chi connectivity index (χ0n) is 8.22. The minimum Gasteiger partial charge on any atom is -0.458 e. The van der Waals surface area contributed by atoms with E-state index in [-0.39, 0.29) is 5.03 Å². The number of benzene rings is 1. The van der Waals surface area contributed by atoms with Gasteiger partial charge >= 0.3 is 0 Å². The first kappa shape index (κ1) is 9.90. The van der Waals surface area contributed by atoms with Gasteiger partial charge in [0.25, 0.3) is 0 Å². The van der Waals surface area contributed by atoms with E-state index in [4.69, 9.17) is 16.0 Å². The monoisotopic (exact) mass is 236 g/mol. The summed E-state index contributed by atoms with van der Waals surface area (Å²) in [5, 5.41) is 20.6. The summed E-state index contributed by atoms with van der Waals surface area (Å²) in [4.78, 5) is 0. The van der Waals surface area contributed by atoms with Crippen molar-refractivity contribution < 1.29 is 14.6 Å². The predicted octanol–water partition coefficient (Wildman–Crippen LogP) is 2.42. The number of rotatable bonds is 0. The Kier molecular flexibility index (Phi) is 2.07. The number of aliphatic hydroxyl groups is 2. The van der Waals surface area contributed by atoms with E-state index in [1.54, 1.807) is 6.08 Å². The van der Waals surface area contributed by atoms with Crippen LogP contribution in [0.2, 0.25) is 0 Å². The summed E-state index contributed by atoms with van der Waals surface area (Å²) in [7, 11) is 0. The molecule has 2 aromatic rings. The molecule has 1 heterocycles. The van der Waals surface area contributed by atoms with E-state index in [1.807, 2.05) is 24.3 Å². The summed E-state index contributed by atoms with van der Waals surface area (Å²) in [5.41, 5.74) is 1.43. The third-order valence-corrected chi connectivity index (χ3v) is 3.13. The van der Waals surface area contributed by atoms with Gasteiger partial charge < -0.3 is 14.6 Å². The van der Waals surface area contributed by atoms with Gasteiger partial charge in [0.1, 0.15) is 23.6 Å². The Bertz CT molecular complexity index is 585. The van der Waals surface area contributed by atoms with Gasteiger partial charge in [-0.2, -0.15) is 0 Å². The molecule has 82 valence electrons. The van der Waals surface area contributed by atoms with Gasteiger partial charge in [-0.05, 0) is 12.1 Å². The molecule has 0 spiro atoms. The Morgan fingerprint density at radius 2 is 1.88 bits per heavy atom. The van der Waals surface area contributed by atoms with E-state index in [0.29, 0.717) is 11.3 Å². The molecule has 0 aliphatic heterocycles. The number of aliphatic hydroxyl groups excluding tert-OH is 2. The van der Waals surface area contributed by atoms with Crippen LogP contribution < -0.4 is 0 Å². The lowest BCUT2D eigenvalue weighted by Crippen LogP contribution is -2.21. The van der Waals surface area contributed by atoms with Crippen molar-refractivity contribution in [3.8, 4) is 0 Å². The average molecular weight is 237 g/mol. The van der Waals surface area contributed by atoms with Gasteiger partial charge in [0.2, 0.25) is 0 Å². The van der Waals surface area contributed by atoms with Crippen LogP contribution in [0.15, 0.2) is 33.7 Å². The summed E-state index contributed by atoms with van der Waals surface area (Å²) < 4.78 is 5.51. The molecule has 16 heavy (non-hydrogen) atoms. The van der Waals surface area contributed by atoms with Gasteiger partial charge in [0, 0.05) is 10.9 Å². The Balaban J connectivity index is 2.35. The van der Waals surface area contributed by atoms with Gasteiger partial charge in [-0.25, -0.2) is 0 Å². The Morgan fingerprint density at radius 3 is 2.69 bits per heavy atom. The predicted molar refractivity (Wildman–Crippen MR) is 61.0 cm³/mol. The van der Waals surface area contributed by atoms with Crippen molar-refractivity contribution >= 4 is 28.6 Å². The summed E-state index contributed by atoms with van der Waals surface area (Å²) in [6, 6.07) is 7.44. The second-order valence-electron chi connectivity index (χ2n) is 3.80. The molecule has 2 unspecified atom stereocenters. The number of halogens is 1. The summed E-state index contributed by atoms with van der Waals surface area (Å²) >= 11 is 5.86. The lowest BCUT2D eigenvalue weighted by Gasteiger charge is -2.20. The van der Waals surface area contributed by atoms with Crippen LogP contribution in [-0.2, 0) is 0 Å². The molecule has 1 aromatic heterocycles. The molecule has 3 rings (SSSR count). The third-order valence-electron chi connectivity index (χ3n) is 2.80. The van der Waals surface area contributed by atoms with Crippen LogP contribution in [0.25, 0.3) is 17.0 Å². The quantitative estimate of drug-likeness (QED) is 0.739. The first-order valence-electron chi connectivity index (χ1n) is 4.93. The Morgan fingerprint density at radius 1 is 1.12 bits per heavy atom. The molecule has 0 bridgehead atoms. The lowest BCUT2D eigenvalue weighted by molar-refractivity contribution is 0.0304. The molecule has 0 saturated carbocycles. The fourth-order valence-electron chi connectivity index (χ4n) is 1.97. The van der Waals surface area contributed by atoms with E-state index < -0.39 is 12.2 Å². The topological polar surface area (TPSA) is 53.6 Å². The van der Waals surface area contributed by atoms with Crippen LogP contribution in [0.3, 0.4) is 0 Å². The molecule has 1 aromatic carbocycles. The molecule has 3 nitrogen and oxygen atoms in total. The highest BCUT2D eigenvalue weighted by atomic mass is 35.5. The van der Waals surface area contributed by atoms with Crippen molar-refractivity contribution in [2.75, 3.05) is 0 Å². The number of para-hydroxylation sites is 1. The number of furan rings is 1. The zero-order chi connectivity index (χ0) is 11.3. The Labute approximate surface area is 96.6 Å². The van der Waals surface area contributed by atoms with Crippen molar-refractivity contribution in [2.24, 2.45) is 0 Å². The van der Waals surface area contributed by atoms with E-state index in [2.05, 4.69) is 0 Å². The van der Waals surface area contributed by atoms with Gasteiger partial charge in [-0.3, -0.25) is 0 Å². The lowest BCUT2D eigenvalue weighted by atomic mass is 9.98. The minimum atomic E-state index is -1.10. The van der Waals surface area contributed by atoms with Crippen LogP contribution >= 0.6 is 11.6 Å². The van der Waals surface area contributed by atoms with Crippen LogP contribution in [0.5, 0.6) is 0 Å². The number of hydrogen-bond donors (Lipinski definition) is 2. The Hall–Kier alpha value is -1.29. The fourth-order valence-corrected chi connectivity index (χ4v) is 2.20. The van der Waals surface area contributed by atoms with Gasteiger partial charge in [-0.15, -0.1) is 0 Å². The fraction of sp³-hybridized carbons (Fsp3) is 0.167. The highest BCUT2D eigenvalue weighted by Gasteiger charge is 2.32. The van der Waals surface area contributed by atoms with Gasteiger partial charge in [-0.1, -0.05) is 29.8 Å². The number of hydrogen-bond acceptors (Lipinski definition) is 3. The molecule has 0 radical (unpaired) electrons. The van der Waals surface area contributed by atoms with E-state index in [0.717, 1.165) is 10.9 Å². The van der Waals surface area contributed by atoms with E-state index >= 15 is 0 Å². The summed E-state index contributed by atoms with van der Waals surface area (Å²) in [6.45, 7) is 0. The van der Waals surface area contributed by atoms with Crippen molar-refractivity contribution in [2.45, 2.75) is 12.2 Å². The maximum Gasteiger partial charge on any atom is 0.144 e. The standard InChI is InChI=1S/C12H9ClO3/c13-8-5-7-6-3-1-2-4-9(6)16-12(7)11(15)10(8)14/h1-5,10-11,14-15H. The maximum absolute atomic E-state index is 9.83.